The molecule has 1 aromatic rings. The van der Waals surface area contributed by atoms with Crippen LogP contribution >= 0.6 is 0 Å². The van der Waals surface area contributed by atoms with Crippen molar-refractivity contribution < 1.29 is 24.1 Å². The van der Waals surface area contributed by atoms with Gasteiger partial charge in [-0.2, -0.15) is 0 Å². The summed E-state index contributed by atoms with van der Waals surface area (Å²) in [6, 6.07) is 3.43. The predicted molar refractivity (Wildman–Crippen MR) is 54.9 cm³/mol. The number of aliphatic hydroxyl groups excluding tert-OH is 1. The Morgan fingerprint density at radius 2 is 2.31 bits per heavy atom. The van der Waals surface area contributed by atoms with Crippen LogP contribution < -0.4 is 14.2 Å². The second kappa shape index (κ2) is 4.40. The number of carbonyl (C=O) groups is 1. The number of ether oxygens (including phenoxy) is 3. The fourth-order valence-corrected chi connectivity index (χ4v) is 1.57. The van der Waals surface area contributed by atoms with E-state index in [9.17, 15) is 4.79 Å². The van der Waals surface area contributed by atoms with Crippen molar-refractivity contribution in [2.45, 2.75) is 6.42 Å². The number of hydrogen-bond donors (Lipinski definition) is 1. The molecule has 5 nitrogen and oxygen atoms in total. The van der Waals surface area contributed by atoms with E-state index in [1.165, 1.54) is 7.11 Å². The monoisotopic (exact) mass is 224 g/mol. The summed E-state index contributed by atoms with van der Waals surface area (Å²) in [5.74, 6) is 1.42. The molecule has 1 aliphatic rings. The molecular weight excluding hydrogens is 212 g/mol. The number of benzene rings is 1. The Morgan fingerprint density at radius 3 is 3.00 bits per heavy atom. The van der Waals surface area contributed by atoms with Gasteiger partial charge in [0, 0.05) is 6.42 Å². The highest BCUT2D eigenvalue weighted by Crippen LogP contribution is 2.41. The summed E-state index contributed by atoms with van der Waals surface area (Å²) in [5, 5.41) is 8.68. The molecule has 0 atom stereocenters. The van der Waals surface area contributed by atoms with Crippen molar-refractivity contribution in [3.05, 3.63) is 17.7 Å². The van der Waals surface area contributed by atoms with Gasteiger partial charge in [-0.15, -0.1) is 0 Å². The highest BCUT2D eigenvalue weighted by molar-refractivity contribution is 5.82. The summed E-state index contributed by atoms with van der Waals surface area (Å²) in [4.78, 5) is 11.1. The van der Waals surface area contributed by atoms with Crippen LogP contribution in [0.1, 0.15) is 5.56 Å². The van der Waals surface area contributed by atoms with Crippen LogP contribution in [-0.4, -0.2) is 31.4 Å². The molecule has 0 aliphatic carbocycles. The second-order valence-electron chi connectivity index (χ2n) is 3.41. The quantitative estimate of drug-likeness (QED) is 0.808. The van der Waals surface area contributed by atoms with Gasteiger partial charge in [0.1, 0.15) is 6.61 Å². The van der Waals surface area contributed by atoms with Gasteiger partial charge in [0.2, 0.25) is 12.5 Å². The maximum atomic E-state index is 11.1. The van der Waals surface area contributed by atoms with Gasteiger partial charge in [0.15, 0.2) is 17.3 Å². The lowest BCUT2D eigenvalue weighted by Gasteiger charge is -2.07. The van der Waals surface area contributed by atoms with Crippen molar-refractivity contribution in [2.75, 3.05) is 20.5 Å². The Morgan fingerprint density at radius 1 is 1.50 bits per heavy atom. The molecule has 16 heavy (non-hydrogen) atoms. The highest BCUT2D eigenvalue weighted by Gasteiger charge is 2.20. The first kappa shape index (κ1) is 10.8. The maximum absolute atomic E-state index is 11.1. The van der Waals surface area contributed by atoms with Gasteiger partial charge in [0.05, 0.1) is 7.11 Å². The number of aliphatic hydroxyl groups is 1. The Labute approximate surface area is 92.5 Å². The van der Waals surface area contributed by atoms with Gasteiger partial charge in [-0.25, -0.2) is 0 Å². The molecule has 1 N–H and O–H groups in total. The predicted octanol–water partition coefficient (Wildman–Crippen LogP) is 0.528. The molecule has 1 heterocycles. The van der Waals surface area contributed by atoms with Crippen molar-refractivity contribution in [1.82, 2.24) is 0 Å². The molecular formula is C11H12O5. The molecule has 0 saturated heterocycles. The molecule has 0 fully saturated rings. The van der Waals surface area contributed by atoms with E-state index in [-0.39, 0.29) is 19.0 Å². The summed E-state index contributed by atoms with van der Waals surface area (Å²) >= 11 is 0. The van der Waals surface area contributed by atoms with Crippen molar-refractivity contribution in [1.29, 1.82) is 0 Å². The number of fused-ring (bicyclic) bond motifs is 1. The third-order valence-electron chi connectivity index (χ3n) is 2.30. The SMILES string of the molecule is COc1cc(CC(=O)CO)cc2c1OCO2. The van der Waals surface area contributed by atoms with E-state index in [0.29, 0.717) is 17.2 Å². The van der Waals surface area contributed by atoms with Gasteiger partial charge < -0.3 is 19.3 Å². The average molecular weight is 224 g/mol. The molecule has 0 unspecified atom stereocenters. The van der Waals surface area contributed by atoms with E-state index in [1.807, 2.05) is 0 Å². The van der Waals surface area contributed by atoms with E-state index in [4.69, 9.17) is 19.3 Å². The van der Waals surface area contributed by atoms with Gasteiger partial charge in [0.25, 0.3) is 0 Å². The fraction of sp³-hybridized carbons (Fsp3) is 0.364. The lowest BCUT2D eigenvalue weighted by molar-refractivity contribution is -0.121. The molecule has 1 aliphatic heterocycles. The molecule has 0 radical (unpaired) electrons. The number of methoxy groups -OCH3 is 1. The summed E-state index contributed by atoms with van der Waals surface area (Å²) in [5.41, 5.74) is 0.736. The van der Waals surface area contributed by atoms with Crippen LogP contribution in [0.3, 0.4) is 0 Å². The molecule has 1 aromatic carbocycles. The Hall–Kier alpha value is -1.75. The molecule has 0 amide bonds. The molecule has 86 valence electrons. The number of rotatable bonds is 4. The Bertz CT molecular complexity index is 413. The van der Waals surface area contributed by atoms with Crippen LogP contribution in [0, 0.1) is 0 Å². The first-order chi connectivity index (χ1) is 7.74. The van der Waals surface area contributed by atoms with Gasteiger partial charge in [-0.3, -0.25) is 4.79 Å². The molecule has 5 heteroatoms. The zero-order valence-electron chi connectivity index (χ0n) is 8.86. The topological polar surface area (TPSA) is 65.0 Å². The number of carbonyl (C=O) groups excluding carboxylic acids is 1. The van der Waals surface area contributed by atoms with Crippen molar-refractivity contribution in [3.8, 4) is 17.2 Å². The first-order valence-corrected chi connectivity index (χ1v) is 4.83. The third-order valence-corrected chi connectivity index (χ3v) is 2.30. The first-order valence-electron chi connectivity index (χ1n) is 4.83. The zero-order valence-corrected chi connectivity index (χ0v) is 8.86. The normalized spacial score (nSPS) is 12.6. The van der Waals surface area contributed by atoms with Crippen LogP contribution in [0.2, 0.25) is 0 Å². The van der Waals surface area contributed by atoms with Crippen molar-refractivity contribution in [2.24, 2.45) is 0 Å². The van der Waals surface area contributed by atoms with Gasteiger partial charge in [-0.05, 0) is 17.7 Å². The van der Waals surface area contributed by atoms with Crippen molar-refractivity contribution >= 4 is 5.78 Å². The van der Waals surface area contributed by atoms with Crippen molar-refractivity contribution in [3.63, 3.8) is 0 Å². The minimum absolute atomic E-state index is 0.156. The second-order valence-corrected chi connectivity index (χ2v) is 3.41. The Kier molecular flexibility index (Phi) is 2.96. The summed E-state index contributed by atoms with van der Waals surface area (Å²) in [6.07, 6.45) is 0.156. The van der Waals surface area contributed by atoms with Gasteiger partial charge >= 0.3 is 0 Å². The van der Waals surface area contributed by atoms with Crippen LogP contribution in [0.25, 0.3) is 0 Å². The summed E-state index contributed by atoms with van der Waals surface area (Å²) in [7, 11) is 1.52. The average Bonchev–Trinajstić information content (AvgIpc) is 2.75. The minimum Gasteiger partial charge on any atom is -0.493 e. The van der Waals surface area contributed by atoms with Crippen LogP contribution in [0.4, 0.5) is 0 Å². The summed E-state index contributed by atoms with van der Waals surface area (Å²) < 4.78 is 15.6. The summed E-state index contributed by atoms with van der Waals surface area (Å²) in [6.45, 7) is -0.306. The smallest absolute Gasteiger partial charge is 0.231 e. The maximum Gasteiger partial charge on any atom is 0.231 e. The Balaban J connectivity index is 2.30. The van der Waals surface area contributed by atoms with Gasteiger partial charge in [-0.1, -0.05) is 0 Å². The zero-order chi connectivity index (χ0) is 11.5. The largest absolute Gasteiger partial charge is 0.493 e. The minimum atomic E-state index is -0.462. The number of ketones is 1. The fourth-order valence-electron chi connectivity index (χ4n) is 1.57. The van der Waals surface area contributed by atoms with Crippen LogP contribution in [0.15, 0.2) is 12.1 Å². The molecule has 0 aromatic heterocycles. The lowest BCUT2D eigenvalue weighted by atomic mass is 10.1. The van der Waals surface area contributed by atoms with E-state index in [0.717, 1.165) is 5.56 Å². The van der Waals surface area contributed by atoms with E-state index in [1.54, 1.807) is 12.1 Å². The van der Waals surface area contributed by atoms with E-state index < -0.39 is 6.61 Å². The number of hydrogen-bond acceptors (Lipinski definition) is 5. The molecule has 0 bridgehead atoms. The van der Waals surface area contributed by atoms with Crippen LogP contribution in [0.5, 0.6) is 17.2 Å². The van der Waals surface area contributed by atoms with E-state index >= 15 is 0 Å². The molecule has 0 saturated carbocycles. The van der Waals surface area contributed by atoms with E-state index in [2.05, 4.69) is 0 Å². The van der Waals surface area contributed by atoms with Crippen LogP contribution in [-0.2, 0) is 11.2 Å². The highest BCUT2D eigenvalue weighted by atomic mass is 16.7. The lowest BCUT2D eigenvalue weighted by Crippen LogP contribution is -2.07. The number of Topliss-reactive ketones (excluding diaryl/α,β-unsaturated/α-hetero) is 1. The molecule has 0 spiro atoms. The standard InChI is InChI=1S/C11H12O5/c1-14-9-3-7(2-8(13)5-12)4-10-11(9)16-6-15-10/h3-4,12H,2,5-6H2,1H3. The third kappa shape index (κ3) is 1.94. The molecule has 2 rings (SSSR count).